The summed E-state index contributed by atoms with van der Waals surface area (Å²) in [6.45, 7) is 0. The number of carboxylic acid groups (broad SMARTS) is 2. The van der Waals surface area contributed by atoms with Crippen LogP contribution in [0.2, 0.25) is 0 Å². The van der Waals surface area contributed by atoms with Crippen LogP contribution in [0.4, 0.5) is 0 Å². The van der Waals surface area contributed by atoms with Crippen molar-refractivity contribution >= 4 is 11.9 Å². The lowest BCUT2D eigenvalue weighted by Gasteiger charge is -2.21. The fourth-order valence-electron chi connectivity index (χ4n) is 6.02. The molecule has 270 valence electrons. The third-order valence-electron chi connectivity index (χ3n) is 9.00. The van der Waals surface area contributed by atoms with E-state index in [4.69, 9.17) is 10.2 Å². The predicted octanol–water partition coefficient (Wildman–Crippen LogP) is 11.8. The van der Waals surface area contributed by atoms with Gasteiger partial charge in [0.2, 0.25) is 0 Å². The second-order valence-corrected chi connectivity index (χ2v) is 13.7. The summed E-state index contributed by atoms with van der Waals surface area (Å²) in [6, 6.07) is 0. The average Bonchev–Trinajstić information content (AvgIpc) is 3.01. The fraction of sp³-hybridized carbons (Fsp3) is 0.850. The lowest BCUT2D eigenvalue weighted by molar-refractivity contribution is -0.172. The molecule has 0 aliphatic carbocycles. The van der Waals surface area contributed by atoms with E-state index in [1.165, 1.54) is 103 Å². The first-order valence-electron chi connectivity index (χ1n) is 19.5. The Hall–Kier alpha value is -1.66. The minimum absolute atomic E-state index is 0.302. The lowest BCUT2D eigenvalue weighted by atomic mass is 9.99. The molecule has 46 heavy (non-hydrogen) atoms. The van der Waals surface area contributed by atoms with Gasteiger partial charge in [-0.3, -0.25) is 9.59 Å². The highest BCUT2D eigenvalue weighted by Gasteiger charge is 2.21. The minimum atomic E-state index is -1.49. The highest BCUT2D eigenvalue weighted by molar-refractivity contribution is 5.66. The van der Waals surface area contributed by atoms with Crippen molar-refractivity contribution in [2.24, 2.45) is 0 Å². The smallest absolute Gasteiger partial charge is 0.303 e. The van der Waals surface area contributed by atoms with Gasteiger partial charge in [-0.2, -0.15) is 0 Å². The number of hydrogen-bond acceptors (Lipinski definition) is 4. The Bertz CT molecular complexity index is 729. The fourth-order valence-corrected chi connectivity index (χ4v) is 6.02. The molecule has 0 spiro atoms. The van der Waals surface area contributed by atoms with Crippen molar-refractivity contribution < 1.29 is 30.0 Å². The zero-order valence-corrected chi connectivity index (χ0v) is 29.7. The second-order valence-electron chi connectivity index (χ2n) is 13.7. The highest BCUT2D eigenvalue weighted by atomic mass is 16.5. The van der Waals surface area contributed by atoms with Crippen LogP contribution in [0.25, 0.3) is 0 Å². The molecule has 0 saturated carbocycles. The Morgan fingerprint density at radius 1 is 0.348 bits per heavy atom. The Morgan fingerprint density at radius 3 is 0.826 bits per heavy atom. The number of aliphatic carboxylic acids is 2. The van der Waals surface area contributed by atoms with Gasteiger partial charge in [0.25, 0.3) is 0 Å². The van der Waals surface area contributed by atoms with E-state index in [2.05, 4.69) is 24.3 Å². The van der Waals surface area contributed by atoms with Gasteiger partial charge in [-0.1, -0.05) is 133 Å². The van der Waals surface area contributed by atoms with Gasteiger partial charge in [-0.15, -0.1) is 0 Å². The Labute approximate surface area is 283 Å². The number of carbonyl (C=O) groups is 2. The van der Waals surface area contributed by atoms with Crippen molar-refractivity contribution in [3.63, 3.8) is 0 Å². The van der Waals surface area contributed by atoms with Crippen molar-refractivity contribution in [1.82, 2.24) is 0 Å². The zero-order valence-electron chi connectivity index (χ0n) is 29.7. The van der Waals surface area contributed by atoms with Crippen LogP contribution in [0.1, 0.15) is 212 Å². The maximum atomic E-state index is 10.5. The second kappa shape index (κ2) is 34.7. The molecule has 0 rings (SSSR count). The van der Waals surface area contributed by atoms with Crippen LogP contribution in [0.15, 0.2) is 24.3 Å². The molecular weight excluding hydrogens is 576 g/mol. The predicted molar refractivity (Wildman–Crippen MR) is 193 cm³/mol. The van der Waals surface area contributed by atoms with Gasteiger partial charge in [-0.25, -0.2) is 0 Å². The summed E-state index contributed by atoms with van der Waals surface area (Å²) in [6.07, 6.45) is 44.1. The van der Waals surface area contributed by atoms with Crippen LogP contribution in [-0.4, -0.2) is 38.2 Å². The van der Waals surface area contributed by atoms with Gasteiger partial charge < -0.3 is 20.4 Å². The third-order valence-corrected chi connectivity index (χ3v) is 9.00. The molecule has 0 aromatic heterocycles. The molecule has 0 heterocycles. The molecule has 6 heteroatoms. The van der Waals surface area contributed by atoms with E-state index >= 15 is 0 Å². The molecule has 0 radical (unpaired) electrons. The van der Waals surface area contributed by atoms with Crippen molar-refractivity contribution in [3.8, 4) is 0 Å². The van der Waals surface area contributed by atoms with Crippen molar-refractivity contribution in [2.45, 2.75) is 218 Å². The maximum Gasteiger partial charge on any atom is 0.303 e. The molecule has 0 atom stereocenters. The number of allylic oxidation sites excluding steroid dienone is 4. The number of unbranched alkanes of at least 4 members (excludes halogenated alkanes) is 25. The molecule has 0 fully saturated rings. The number of hydrogen-bond donors (Lipinski definition) is 4. The molecule has 0 aliphatic rings. The van der Waals surface area contributed by atoms with E-state index in [0.717, 1.165) is 83.5 Å². The van der Waals surface area contributed by atoms with Crippen molar-refractivity contribution in [1.29, 1.82) is 0 Å². The molecular formula is C40H74O6. The minimum Gasteiger partial charge on any atom is -0.481 e. The van der Waals surface area contributed by atoms with Gasteiger partial charge >= 0.3 is 11.9 Å². The average molecular weight is 651 g/mol. The van der Waals surface area contributed by atoms with E-state index in [0.29, 0.717) is 25.7 Å². The molecule has 0 saturated heterocycles. The highest BCUT2D eigenvalue weighted by Crippen LogP contribution is 2.21. The topological polar surface area (TPSA) is 115 Å². The quantitative estimate of drug-likeness (QED) is 0.0302. The van der Waals surface area contributed by atoms with Gasteiger partial charge in [0.05, 0.1) is 0 Å². The number of rotatable bonds is 37. The summed E-state index contributed by atoms with van der Waals surface area (Å²) in [4.78, 5) is 21.0. The van der Waals surface area contributed by atoms with Gasteiger partial charge in [0.1, 0.15) is 0 Å². The molecule has 4 N–H and O–H groups in total. The molecule has 0 bridgehead atoms. The number of aliphatic hydroxyl groups is 2. The van der Waals surface area contributed by atoms with Crippen LogP contribution in [0.3, 0.4) is 0 Å². The monoisotopic (exact) mass is 651 g/mol. The first-order valence-corrected chi connectivity index (χ1v) is 19.5. The van der Waals surface area contributed by atoms with E-state index < -0.39 is 17.7 Å². The summed E-state index contributed by atoms with van der Waals surface area (Å²) in [5.41, 5.74) is 0. The normalized spacial score (nSPS) is 12.1. The summed E-state index contributed by atoms with van der Waals surface area (Å²) in [7, 11) is 0. The number of carboxylic acids is 2. The molecule has 0 aromatic rings. The van der Waals surface area contributed by atoms with Crippen LogP contribution >= 0.6 is 0 Å². The lowest BCUT2D eigenvalue weighted by Crippen LogP contribution is -2.27. The standard InChI is InChI=1S/C40H74O6/c41-38(42)34-30-26-22-18-14-10-6-3-1-2-4-8-12-16-20-24-28-32-36-40(45,46)37-33-29-25-21-17-13-9-5-7-11-15-19-23-27-31-35-39(43)44/h3,5-7,45-46H,1-2,4,8-37H2,(H,41,42)(H,43,44)/b6-3-,7-5-. The van der Waals surface area contributed by atoms with E-state index in [9.17, 15) is 19.8 Å². The van der Waals surface area contributed by atoms with Crippen LogP contribution < -0.4 is 0 Å². The Balaban J connectivity index is 3.35. The maximum absolute atomic E-state index is 10.5. The SMILES string of the molecule is O=C(O)CCCCCCC/C=C\CCCCCCCCCCCC(O)(O)CCCCCCCC/C=C\CCCCCCCC(=O)O. The Kier molecular flexibility index (Phi) is 33.4. The van der Waals surface area contributed by atoms with Crippen LogP contribution in [-0.2, 0) is 9.59 Å². The van der Waals surface area contributed by atoms with Gasteiger partial charge in [0, 0.05) is 25.7 Å². The van der Waals surface area contributed by atoms with E-state index in [1.807, 2.05) is 0 Å². The van der Waals surface area contributed by atoms with Crippen molar-refractivity contribution in [2.75, 3.05) is 0 Å². The molecule has 0 unspecified atom stereocenters. The van der Waals surface area contributed by atoms with Gasteiger partial charge in [0.15, 0.2) is 5.79 Å². The summed E-state index contributed by atoms with van der Waals surface area (Å²) in [5.74, 6) is -2.85. The first-order chi connectivity index (χ1) is 22.3. The molecule has 0 aromatic carbocycles. The van der Waals surface area contributed by atoms with Crippen LogP contribution in [0, 0.1) is 0 Å². The summed E-state index contributed by atoms with van der Waals surface area (Å²) < 4.78 is 0. The Morgan fingerprint density at radius 2 is 0.565 bits per heavy atom. The van der Waals surface area contributed by atoms with E-state index in [-0.39, 0.29) is 0 Å². The first kappa shape index (κ1) is 44.3. The third kappa shape index (κ3) is 38.5. The molecule has 6 nitrogen and oxygen atoms in total. The largest absolute Gasteiger partial charge is 0.481 e. The summed E-state index contributed by atoms with van der Waals surface area (Å²) in [5, 5.41) is 37.9. The summed E-state index contributed by atoms with van der Waals surface area (Å²) >= 11 is 0. The van der Waals surface area contributed by atoms with Gasteiger partial charge in [-0.05, 0) is 77.0 Å². The van der Waals surface area contributed by atoms with Crippen molar-refractivity contribution in [3.05, 3.63) is 24.3 Å². The van der Waals surface area contributed by atoms with E-state index in [1.54, 1.807) is 0 Å². The molecule has 0 aliphatic heterocycles. The molecule has 0 amide bonds. The van der Waals surface area contributed by atoms with Crippen LogP contribution in [0.5, 0.6) is 0 Å². The zero-order chi connectivity index (χ0) is 33.8.